The zero-order valence-electron chi connectivity index (χ0n) is 16.1. The van der Waals surface area contributed by atoms with Crippen LogP contribution in [-0.2, 0) is 0 Å². The van der Waals surface area contributed by atoms with Crippen molar-refractivity contribution in [1.29, 1.82) is 0 Å². The number of piperidine rings is 1. The summed E-state index contributed by atoms with van der Waals surface area (Å²) in [6, 6.07) is 9.16. The minimum Gasteiger partial charge on any atom is -0.332 e. The minimum atomic E-state index is -2.99. The van der Waals surface area contributed by atoms with Crippen LogP contribution in [0.5, 0.6) is 0 Å². The van der Waals surface area contributed by atoms with Crippen LogP contribution < -0.4 is 0 Å². The van der Waals surface area contributed by atoms with Gasteiger partial charge in [0.25, 0.3) is 17.6 Å². The molecule has 1 amide bonds. The zero-order valence-corrected chi connectivity index (χ0v) is 16.1. The quantitative estimate of drug-likeness (QED) is 0.678. The highest BCUT2D eigenvalue weighted by Crippen LogP contribution is 2.40. The molecule has 3 aromatic rings. The van der Waals surface area contributed by atoms with E-state index in [1.807, 2.05) is 25.1 Å². The number of likely N-dealkylation sites (tertiary alicyclic amines) is 1. The van der Waals surface area contributed by atoms with Crippen molar-refractivity contribution in [3.8, 4) is 0 Å². The number of halogens is 2. The number of hydrogen-bond donors (Lipinski definition) is 0. The van der Waals surface area contributed by atoms with E-state index in [1.54, 1.807) is 18.3 Å². The van der Waals surface area contributed by atoms with Gasteiger partial charge in [0, 0.05) is 36.3 Å². The summed E-state index contributed by atoms with van der Waals surface area (Å²) in [5, 5.41) is 4.33. The lowest BCUT2D eigenvalue weighted by atomic mass is 9.93. The van der Waals surface area contributed by atoms with Crippen molar-refractivity contribution in [3.63, 3.8) is 0 Å². The van der Waals surface area contributed by atoms with Gasteiger partial charge < -0.3 is 4.90 Å². The molecular weight excluding hydrogens is 376 g/mol. The second-order valence-corrected chi connectivity index (χ2v) is 8.13. The molecule has 1 aliphatic heterocycles. The Bertz CT molecular complexity index is 1090. The van der Waals surface area contributed by atoms with Gasteiger partial charge in [-0.1, -0.05) is 12.1 Å². The smallest absolute Gasteiger partial charge is 0.266 e. The van der Waals surface area contributed by atoms with Crippen LogP contribution in [0, 0.1) is 6.92 Å². The van der Waals surface area contributed by atoms with E-state index in [4.69, 9.17) is 0 Å². The van der Waals surface area contributed by atoms with Crippen LogP contribution in [0.1, 0.15) is 58.5 Å². The maximum absolute atomic E-state index is 14.5. The summed E-state index contributed by atoms with van der Waals surface area (Å²) < 4.78 is 30.5. The van der Waals surface area contributed by atoms with Crippen LogP contribution >= 0.6 is 0 Å². The monoisotopic (exact) mass is 397 g/mol. The van der Waals surface area contributed by atoms with E-state index in [9.17, 15) is 13.6 Å². The molecule has 0 spiro atoms. The Hall–Kier alpha value is -2.90. The van der Waals surface area contributed by atoms with E-state index in [2.05, 4.69) is 15.1 Å². The van der Waals surface area contributed by atoms with Gasteiger partial charge in [-0.3, -0.25) is 4.79 Å². The summed E-state index contributed by atoms with van der Waals surface area (Å²) in [6.07, 6.45) is 3.57. The molecule has 6 nitrogen and oxygen atoms in total. The fourth-order valence-electron chi connectivity index (χ4n) is 4.01. The third-order valence-corrected chi connectivity index (χ3v) is 5.61. The van der Waals surface area contributed by atoms with Crippen molar-refractivity contribution in [2.45, 2.75) is 43.9 Å². The van der Waals surface area contributed by atoms with Crippen molar-refractivity contribution in [2.75, 3.05) is 13.1 Å². The number of alkyl halides is 2. The van der Waals surface area contributed by atoms with E-state index >= 15 is 0 Å². The first-order valence-corrected chi connectivity index (χ1v) is 9.85. The lowest BCUT2D eigenvalue weighted by Gasteiger charge is -2.36. The Morgan fingerprint density at radius 1 is 1.17 bits per heavy atom. The summed E-state index contributed by atoms with van der Waals surface area (Å²) in [6.45, 7) is 1.41. The number of fused-ring (bicyclic) bond motifs is 1. The van der Waals surface area contributed by atoms with Gasteiger partial charge in [-0.2, -0.15) is 4.98 Å². The molecule has 2 aromatic heterocycles. The number of aryl methyl sites for hydroxylation is 1. The number of carbonyl (C=O) groups excluding carboxylic acids is 1. The van der Waals surface area contributed by atoms with E-state index in [0.717, 1.165) is 24.1 Å². The standard InChI is InChI=1S/C21H21F2N5O/c1-13-7-8-28-20(24-13)25-18(26-28)17-10-21(22,23)12-27(11-17)19(29)16-4-2-3-15(9-16)14-5-6-14/h2-4,7-9,14,17H,5-6,10-12H2,1H3/t17-/m0/s1. The van der Waals surface area contributed by atoms with Gasteiger partial charge in [0.15, 0.2) is 5.82 Å². The number of nitrogens with zero attached hydrogens (tertiary/aromatic N) is 5. The summed E-state index contributed by atoms with van der Waals surface area (Å²) in [7, 11) is 0. The van der Waals surface area contributed by atoms with E-state index < -0.39 is 18.4 Å². The molecule has 5 rings (SSSR count). The van der Waals surface area contributed by atoms with Crippen LogP contribution in [-0.4, -0.2) is 49.4 Å². The number of carbonyl (C=O) groups is 1. The summed E-state index contributed by atoms with van der Waals surface area (Å²) in [5.41, 5.74) is 2.35. The lowest BCUT2D eigenvalue weighted by molar-refractivity contribution is -0.0643. The Balaban J connectivity index is 1.43. The number of rotatable bonds is 3. The van der Waals surface area contributed by atoms with Gasteiger partial charge in [-0.15, -0.1) is 5.10 Å². The molecule has 1 saturated carbocycles. The number of amides is 1. The molecular formula is C21H21F2N5O. The van der Waals surface area contributed by atoms with E-state index in [1.165, 1.54) is 9.42 Å². The summed E-state index contributed by atoms with van der Waals surface area (Å²) in [4.78, 5) is 22.9. The predicted octanol–water partition coefficient (Wildman–Crippen LogP) is 3.58. The molecule has 8 heteroatoms. The molecule has 2 fully saturated rings. The maximum Gasteiger partial charge on any atom is 0.266 e. The molecule has 29 heavy (non-hydrogen) atoms. The molecule has 3 heterocycles. The van der Waals surface area contributed by atoms with Gasteiger partial charge in [-0.05, 0) is 49.4 Å². The predicted molar refractivity (Wildman–Crippen MR) is 102 cm³/mol. The summed E-state index contributed by atoms with van der Waals surface area (Å²) in [5.74, 6) is -2.83. The number of benzene rings is 1. The first-order chi connectivity index (χ1) is 13.9. The second-order valence-electron chi connectivity index (χ2n) is 8.13. The molecule has 0 N–H and O–H groups in total. The molecule has 0 radical (unpaired) electrons. The molecule has 1 aromatic carbocycles. The van der Waals surface area contributed by atoms with Gasteiger partial charge in [-0.25, -0.2) is 18.3 Å². The highest BCUT2D eigenvalue weighted by molar-refractivity contribution is 5.94. The maximum atomic E-state index is 14.5. The zero-order chi connectivity index (χ0) is 20.2. The SMILES string of the molecule is Cc1ccn2nc([C@@H]3CN(C(=O)c4cccc(C5CC5)c4)CC(F)(F)C3)nc2n1. The molecule has 1 atom stereocenters. The molecule has 0 unspecified atom stereocenters. The fraction of sp³-hybridized carbons (Fsp3) is 0.429. The van der Waals surface area contributed by atoms with Crippen molar-refractivity contribution < 1.29 is 13.6 Å². The topological polar surface area (TPSA) is 63.4 Å². The number of hydrogen-bond acceptors (Lipinski definition) is 4. The number of aromatic nitrogens is 4. The van der Waals surface area contributed by atoms with Crippen LogP contribution in [0.2, 0.25) is 0 Å². The molecule has 1 saturated heterocycles. The average Bonchev–Trinajstić information content (AvgIpc) is 3.45. The Morgan fingerprint density at radius 2 is 2.00 bits per heavy atom. The highest BCUT2D eigenvalue weighted by Gasteiger charge is 2.44. The van der Waals surface area contributed by atoms with Gasteiger partial charge >= 0.3 is 0 Å². The van der Waals surface area contributed by atoms with Crippen LogP contribution in [0.3, 0.4) is 0 Å². The van der Waals surface area contributed by atoms with E-state index in [0.29, 0.717) is 23.1 Å². The molecule has 1 aliphatic carbocycles. The normalized spacial score (nSPS) is 21.5. The lowest BCUT2D eigenvalue weighted by Crippen LogP contribution is -2.49. The van der Waals surface area contributed by atoms with Gasteiger partial charge in [0.1, 0.15) is 0 Å². The first-order valence-electron chi connectivity index (χ1n) is 9.85. The Kier molecular flexibility index (Phi) is 4.11. The van der Waals surface area contributed by atoms with Crippen molar-refractivity contribution >= 4 is 11.7 Å². The Morgan fingerprint density at radius 3 is 2.79 bits per heavy atom. The summed E-state index contributed by atoms with van der Waals surface area (Å²) >= 11 is 0. The third-order valence-electron chi connectivity index (χ3n) is 5.61. The Labute approximate surface area is 166 Å². The largest absolute Gasteiger partial charge is 0.332 e. The van der Waals surface area contributed by atoms with Gasteiger partial charge in [0.05, 0.1) is 6.54 Å². The first kappa shape index (κ1) is 18.1. The van der Waals surface area contributed by atoms with Crippen molar-refractivity contribution in [3.05, 3.63) is 59.2 Å². The van der Waals surface area contributed by atoms with Gasteiger partial charge in [0.2, 0.25) is 0 Å². The molecule has 2 aliphatic rings. The van der Waals surface area contributed by atoms with Crippen LogP contribution in [0.25, 0.3) is 5.78 Å². The van der Waals surface area contributed by atoms with E-state index in [-0.39, 0.29) is 18.9 Å². The molecule has 0 bridgehead atoms. The minimum absolute atomic E-state index is 0.165. The third kappa shape index (κ3) is 3.59. The second kappa shape index (κ2) is 6.57. The van der Waals surface area contributed by atoms with Crippen LogP contribution in [0.4, 0.5) is 8.78 Å². The fourth-order valence-corrected chi connectivity index (χ4v) is 4.01. The van der Waals surface area contributed by atoms with Crippen molar-refractivity contribution in [2.24, 2.45) is 0 Å². The van der Waals surface area contributed by atoms with Crippen LogP contribution in [0.15, 0.2) is 36.5 Å². The highest BCUT2D eigenvalue weighted by atomic mass is 19.3. The van der Waals surface area contributed by atoms with Crippen molar-refractivity contribution in [1.82, 2.24) is 24.5 Å². The average molecular weight is 397 g/mol. The molecule has 150 valence electrons.